The number of aromatic nitrogens is 2. The van der Waals surface area contributed by atoms with Crippen LogP contribution in [0.2, 0.25) is 0 Å². The lowest BCUT2D eigenvalue weighted by atomic mass is 10.1. The van der Waals surface area contributed by atoms with Crippen LogP contribution in [0.3, 0.4) is 0 Å². The molecule has 1 heterocycles. The van der Waals surface area contributed by atoms with E-state index >= 15 is 0 Å². The number of benzene rings is 1. The van der Waals surface area contributed by atoms with Crippen molar-refractivity contribution in [2.24, 2.45) is 5.92 Å². The van der Waals surface area contributed by atoms with Crippen LogP contribution in [-0.4, -0.2) is 34.2 Å². The molecule has 0 spiro atoms. The highest BCUT2D eigenvalue weighted by Crippen LogP contribution is 2.29. The largest absolute Gasteiger partial charge is 0.355 e. The maximum Gasteiger partial charge on any atom is 0.230 e. The SMILES string of the molecule is CC(C)CSc1nnc(SCC(=O)NCCc2ccc(F)cc2)s1. The number of carbonyl (C=O) groups excluding carboxylic acids is 1. The number of thioether (sulfide) groups is 2. The summed E-state index contributed by atoms with van der Waals surface area (Å²) in [7, 11) is 0. The molecule has 0 aliphatic carbocycles. The lowest BCUT2D eigenvalue weighted by Gasteiger charge is -2.04. The summed E-state index contributed by atoms with van der Waals surface area (Å²) in [6, 6.07) is 6.32. The molecule has 0 aliphatic heterocycles. The average Bonchev–Trinajstić information content (AvgIpc) is 3.01. The smallest absolute Gasteiger partial charge is 0.230 e. The van der Waals surface area contributed by atoms with Crippen LogP contribution in [-0.2, 0) is 11.2 Å². The van der Waals surface area contributed by atoms with Gasteiger partial charge in [-0.05, 0) is 30.0 Å². The molecular formula is C16H20FN3OS3. The molecule has 0 saturated heterocycles. The normalized spacial score (nSPS) is 11.0. The molecule has 2 rings (SSSR count). The zero-order valence-corrected chi connectivity index (χ0v) is 16.1. The predicted molar refractivity (Wildman–Crippen MR) is 99.3 cm³/mol. The molecule has 0 radical (unpaired) electrons. The first-order valence-electron chi connectivity index (χ1n) is 7.63. The minimum absolute atomic E-state index is 0.0336. The van der Waals surface area contributed by atoms with E-state index in [0.29, 0.717) is 24.6 Å². The van der Waals surface area contributed by atoms with E-state index in [9.17, 15) is 9.18 Å². The summed E-state index contributed by atoms with van der Waals surface area (Å²) in [5.41, 5.74) is 1.00. The summed E-state index contributed by atoms with van der Waals surface area (Å²) in [5, 5.41) is 11.1. The fourth-order valence-corrected chi connectivity index (χ4v) is 4.55. The van der Waals surface area contributed by atoms with Crippen molar-refractivity contribution in [3.05, 3.63) is 35.6 Å². The van der Waals surface area contributed by atoms with Gasteiger partial charge in [0.2, 0.25) is 5.91 Å². The van der Waals surface area contributed by atoms with E-state index in [4.69, 9.17) is 0 Å². The predicted octanol–water partition coefficient (Wildman–Crippen LogP) is 3.88. The fraction of sp³-hybridized carbons (Fsp3) is 0.438. The van der Waals surface area contributed by atoms with Crippen LogP contribution in [0, 0.1) is 11.7 Å². The van der Waals surface area contributed by atoms with E-state index in [1.165, 1.54) is 35.2 Å². The maximum absolute atomic E-state index is 12.8. The Bertz CT molecular complexity index is 646. The van der Waals surface area contributed by atoms with Crippen LogP contribution >= 0.6 is 34.9 Å². The maximum atomic E-state index is 12.8. The van der Waals surface area contributed by atoms with E-state index in [2.05, 4.69) is 29.4 Å². The molecule has 1 aromatic carbocycles. The van der Waals surface area contributed by atoms with Gasteiger partial charge in [0.05, 0.1) is 5.75 Å². The lowest BCUT2D eigenvalue weighted by Crippen LogP contribution is -2.27. The Morgan fingerprint density at radius 1 is 1.21 bits per heavy atom. The summed E-state index contributed by atoms with van der Waals surface area (Å²) < 4.78 is 14.6. The van der Waals surface area contributed by atoms with E-state index in [-0.39, 0.29) is 11.7 Å². The van der Waals surface area contributed by atoms with Gasteiger partial charge in [-0.3, -0.25) is 4.79 Å². The zero-order valence-electron chi connectivity index (χ0n) is 13.6. The molecule has 4 nitrogen and oxygen atoms in total. The molecule has 8 heteroatoms. The molecule has 0 saturated carbocycles. The molecule has 1 aromatic heterocycles. The molecule has 1 N–H and O–H groups in total. The highest BCUT2D eigenvalue weighted by Gasteiger charge is 2.09. The Morgan fingerprint density at radius 3 is 2.54 bits per heavy atom. The highest BCUT2D eigenvalue weighted by molar-refractivity contribution is 8.03. The van der Waals surface area contributed by atoms with Crippen molar-refractivity contribution in [1.82, 2.24) is 15.5 Å². The Hall–Kier alpha value is -1.12. The second-order valence-electron chi connectivity index (χ2n) is 5.55. The van der Waals surface area contributed by atoms with E-state index < -0.39 is 0 Å². The van der Waals surface area contributed by atoms with Crippen molar-refractivity contribution in [3.63, 3.8) is 0 Å². The van der Waals surface area contributed by atoms with Crippen molar-refractivity contribution in [3.8, 4) is 0 Å². The van der Waals surface area contributed by atoms with Crippen LogP contribution in [0.15, 0.2) is 32.9 Å². The van der Waals surface area contributed by atoms with Gasteiger partial charge in [-0.25, -0.2) is 4.39 Å². The number of hydrogen-bond acceptors (Lipinski definition) is 6. The summed E-state index contributed by atoms with van der Waals surface area (Å²) in [5.74, 6) is 1.67. The van der Waals surface area contributed by atoms with Crippen molar-refractivity contribution >= 4 is 40.8 Å². The number of carbonyl (C=O) groups is 1. The molecule has 0 unspecified atom stereocenters. The second-order valence-corrected chi connectivity index (χ2v) is 9.02. The van der Waals surface area contributed by atoms with Gasteiger partial charge < -0.3 is 5.32 Å². The van der Waals surface area contributed by atoms with Gasteiger partial charge in [0.1, 0.15) is 5.82 Å². The summed E-state index contributed by atoms with van der Waals surface area (Å²) in [4.78, 5) is 11.8. The number of amides is 1. The van der Waals surface area contributed by atoms with E-state index in [1.54, 1.807) is 23.9 Å². The molecular weight excluding hydrogens is 365 g/mol. The third-order valence-corrected chi connectivity index (χ3v) is 6.52. The Kier molecular flexibility index (Phi) is 8.01. The van der Waals surface area contributed by atoms with Gasteiger partial charge in [0, 0.05) is 12.3 Å². The zero-order chi connectivity index (χ0) is 17.4. The van der Waals surface area contributed by atoms with Crippen molar-refractivity contribution < 1.29 is 9.18 Å². The molecule has 2 aromatic rings. The number of halogens is 1. The lowest BCUT2D eigenvalue weighted by molar-refractivity contribution is -0.118. The second kappa shape index (κ2) is 10.0. The van der Waals surface area contributed by atoms with Crippen LogP contribution < -0.4 is 5.32 Å². The molecule has 0 bridgehead atoms. The quantitative estimate of drug-likeness (QED) is 0.664. The minimum atomic E-state index is -0.248. The van der Waals surface area contributed by atoms with Crippen LogP contribution in [0.25, 0.3) is 0 Å². The van der Waals surface area contributed by atoms with Crippen molar-refractivity contribution in [1.29, 1.82) is 0 Å². The van der Waals surface area contributed by atoms with E-state index in [0.717, 1.165) is 20.0 Å². The Labute approximate surface area is 154 Å². The average molecular weight is 386 g/mol. The molecule has 0 aliphatic rings. The molecule has 24 heavy (non-hydrogen) atoms. The fourth-order valence-electron chi connectivity index (χ4n) is 1.73. The standard InChI is InChI=1S/C16H20FN3OS3/c1-11(2)9-22-15-19-20-16(24-15)23-10-14(21)18-8-7-12-3-5-13(17)6-4-12/h3-6,11H,7-10H2,1-2H3,(H,18,21). The molecule has 1 amide bonds. The summed E-state index contributed by atoms with van der Waals surface area (Å²) >= 11 is 4.63. The van der Waals surface area contributed by atoms with E-state index in [1.807, 2.05) is 0 Å². The third kappa shape index (κ3) is 7.19. The molecule has 0 atom stereocenters. The van der Waals surface area contributed by atoms with Crippen LogP contribution in [0.4, 0.5) is 4.39 Å². The molecule has 0 fully saturated rings. The monoisotopic (exact) mass is 385 g/mol. The van der Waals surface area contributed by atoms with Gasteiger partial charge in [-0.1, -0.05) is 60.8 Å². The van der Waals surface area contributed by atoms with Gasteiger partial charge in [-0.15, -0.1) is 10.2 Å². The first-order valence-corrected chi connectivity index (χ1v) is 10.4. The summed E-state index contributed by atoms with van der Waals surface area (Å²) in [6.45, 7) is 4.87. The third-order valence-electron chi connectivity index (χ3n) is 2.90. The Balaban J connectivity index is 1.65. The topological polar surface area (TPSA) is 54.9 Å². The van der Waals surface area contributed by atoms with Gasteiger partial charge >= 0.3 is 0 Å². The Morgan fingerprint density at radius 2 is 1.88 bits per heavy atom. The van der Waals surface area contributed by atoms with Gasteiger partial charge in [0.15, 0.2) is 8.68 Å². The van der Waals surface area contributed by atoms with Crippen LogP contribution in [0.1, 0.15) is 19.4 Å². The van der Waals surface area contributed by atoms with Gasteiger partial charge in [0.25, 0.3) is 0 Å². The molecule has 130 valence electrons. The number of hydrogen-bond donors (Lipinski definition) is 1. The van der Waals surface area contributed by atoms with Crippen molar-refractivity contribution in [2.45, 2.75) is 28.9 Å². The van der Waals surface area contributed by atoms with Crippen LogP contribution in [0.5, 0.6) is 0 Å². The van der Waals surface area contributed by atoms with Crippen molar-refractivity contribution in [2.75, 3.05) is 18.1 Å². The summed E-state index contributed by atoms with van der Waals surface area (Å²) in [6.07, 6.45) is 0.686. The number of nitrogens with one attached hydrogen (secondary N) is 1. The van der Waals surface area contributed by atoms with Gasteiger partial charge in [-0.2, -0.15) is 0 Å². The highest BCUT2D eigenvalue weighted by atomic mass is 32.2. The number of nitrogens with zero attached hydrogens (tertiary/aromatic N) is 2. The minimum Gasteiger partial charge on any atom is -0.355 e. The number of rotatable bonds is 9. The first-order chi connectivity index (χ1) is 11.5. The first kappa shape index (κ1) is 19.2.